The molecule has 3 rings (SSSR count). The number of hydrogen-bond acceptors (Lipinski definition) is 3. The van der Waals surface area contributed by atoms with Crippen molar-refractivity contribution >= 4 is 16.9 Å². The normalized spacial score (nSPS) is 11.0. The highest BCUT2D eigenvalue weighted by molar-refractivity contribution is 5.69. The Labute approximate surface area is 111 Å². The minimum atomic E-state index is 0.779. The molecule has 0 atom stereocenters. The summed E-state index contributed by atoms with van der Waals surface area (Å²) >= 11 is 0. The zero-order valence-electron chi connectivity index (χ0n) is 10.9. The van der Waals surface area contributed by atoms with Crippen molar-refractivity contribution in [1.82, 2.24) is 15.0 Å². The lowest BCUT2D eigenvalue weighted by Crippen LogP contribution is -1.96. The van der Waals surface area contributed by atoms with E-state index >= 15 is 0 Å². The van der Waals surface area contributed by atoms with E-state index in [0.717, 1.165) is 41.1 Å². The molecule has 0 fully saturated rings. The van der Waals surface area contributed by atoms with Gasteiger partial charge in [-0.25, -0.2) is 9.97 Å². The molecular weight excluding hydrogens is 236 g/mol. The summed E-state index contributed by atoms with van der Waals surface area (Å²) in [6.07, 6.45) is 3.54. The summed E-state index contributed by atoms with van der Waals surface area (Å²) in [5, 5.41) is 0. The summed E-state index contributed by atoms with van der Waals surface area (Å²) in [6.45, 7) is 2.02. The molecule has 1 aromatic carbocycles. The molecule has 0 aliphatic carbocycles. The molecule has 0 unspecified atom stereocenters. The van der Waals surface area contributed by atoms with Crippen LogP contribution in [0.25, 0.3) is 11.2 Å². The smallest absolute Gasteiger partial charge is 0.177 e. The maximum Gasteiger partial charge on any atom is 0.177 e. The van der Waals surface area contributed by atoms with E-state index in [1.807, 2.05) is 25.1 Å². The van der Waals surface area contributed by atoms with Crippen molar-refractivity contribution in [2.75, 3.05) is 5.73 Å². The van der Waals surface area contributed by atoms with E-state index in [0.29, 0.717) is 0 Å². The van der Waals surface area contributed by atoms with Crippen molar-refractivity contribution in [2.24, 2.45) is 0 Å². The Morgan fingerprint density at radius 1 is 1.21 bits per heavy atom. The fraction of sp³-hybridized carbons (Fsp3) is 0.200. The van der Waals surface area contributed by atoms with Gasteiger partial charge in [-0.15, -0.1) is 0 Å². The van der Waals surface area contributed by atoms with Gasteiger partial charge < -0.3 is 10.7 Å². The van der Waals surface area contributed by atoms with Gasteiger partial charge in [-0.2, -0.15) is 0 Å². The molecule has 0 radical (unpaired) electrons. The van der Waals surface area contributed by atoms with E-state index in [1.165, 1.54) is 5.56 Å². The summed E-state index contributed by atoms with van der Waals surface area (Å²) in [4.78, 5) is 12.0. The summed E-state index contributed by atoms with van der Waals surface area (Å²) in [5.74, 6) is 0.966. The highest BCUT2D eigenvalue weighted by atomic mass is 15.0. The van der Waals surface area contributed by atoms with E-state index in [-0.39, 0.29) is 0 Å². The van der Waals surface area contributed by atoms with Crippen molar-refractivity contribution < 1.29 is 0 Å². The number of nitrogens with two attached hydrogens (primary N) is 1. The SMILES string of the molecule is Cc1ccc(CCc2nc3ncccc3[nH]2)cc1N. The molecule has 96 valence electrons. The number of imidazole rings is 1. The first kappa shape index (κ1) is 11.7. The van der Waals surface area contributed by atoms with Gasteiger partial charge in [0.15, 0.2) is 5.65 Å². The molecule has 0 aliphatic rings. The summed E-state index contributed by atoms with van der Waals surface area (Å²) in [5.41, 5.74) is 10.9. The zero-order valence-corrected chi connectivity index (χ0v) is 10.9. The Morgan fingerprint density at radius 3 is 2.89 bits per heavy atom. The van der Waals surface area contributed by atoms with Crippen LogP contribution in [-0.4, -0.2) is 15.0 Å². The number of aromatic amines is 1. The number of aryl methyl sites for hydroxylation is 3. The number of anilines is 1. The predicted molar refractivity (Wildman–Crippen MR) is 76.9 cm³/mol. The topological polar surface area (TPSA) is 67.6 Å². The lowest BCUT2D eigenvalue weighted by Gasteiger charge is -2.03. The molecular formula is C15H16N4. The molecule has 19 heavy (non-hydrogen) atoms. The Balaban J connectivity index is 1.76. The average molecular weight is 252 g/mol. The van der Waals surface area contributed by atoms with Gasteiger partial charge in [-0.1, -0.05) is 12.1 Å². The second-order valence-corrected chi connectivity index (χ2v) is 4.75. The number of benzene rings is 1. The van der Waals surface area contributed by atoms with Gasteiger partial charge in [0.05, 0.1) is 5.52 Å². The molecule has 0 saturated carbocycles. The summed E-state index contributed by atoms with van der Waals surface area (Å²) < 4.78 is 0. The van der Waals surface area contributed by atoms with Crippen LogP contribution in [0, 0.1) is 6.92 Å². The molecule has 2 heterocycles. The maximum atomic E-state index is 5.92. The fourth-order valence-electron chi connectivity index (χ4n) is 2.12. The average Bonchev–Trinajstić information content (AvgIpc) is 2.83. The highest BCUT2D eigenvalue weighted by Crippen LogP contribution is 2.15. The fourth-order valence-corrected chi connectivity index (χ4v) is 2.12. The standard InChI is InChI=1S/C15H16N4/c1-10-4-5-11(9-12(10)16)6-7-14-18-13-3-2-8-17-15(13)19-14/h2-5,8-9H,6-7,16H2,1H3,(H,17,18,19). The number of aromatic nitrogens is 3. The number of fused-ring (bicyclic) bond motifs is 1. The molecule has 4 nitrogen and oxygen atoms in total. The summed E-state index contributed by atoms with van der Waals surface area (Å²) in [7, 11) is 0. The number of nitrogens with zero attached hydrogens (tertiary/aromatic N) is 2. The predicted octanol–water partition coefficient (Wildman–Crippen LogP) is 2.63. The molecule has 0 saturated heterocycles. The third kappa shape index (κ3) is 2.42. The van der Waals surface area contributed by atoms with Gasteiger partial charge in [-0.05, 0) is 42.7 Å². The molecule has 0 bridgehead atoms. The van der Waals surface area contributed by atoms with Gasteiger partial charge in [0, 0.05) is 18.3 Å². The zero-order chi connectivity index (χ0) is 13.2. The monoisotopic (exact) mass is 252 g/mol. The maximum absolute atomic E-state index is 5.92. The molecule has 3 aromatic rings. The number of hydrogen-bond donors (Lipinski definition) is 2. The first-order chi connectivity index (χ1) is 9.22. The van der Waals surface area contributed by atoms with Crippen LogP contribution in [0.3, 0.4) is 0 Å². The van der Waals surface area contributed by atoms with Crippen LogP contribution in [0.1, 0.15) is 17.0 Å². The molecule has 2 aromatic heterocycles. The molecule has 0 spiro atoms. The van der Waals surface area contributed by atoms with Crippen LogP contribution in [0.2, 0.25) is 0 Å². The number of rotatable bonds is 3. The lowest BCUT2D eigenvalue weighted by atomic mass is 10.1. The van der Waals surface area contributed by atoms with Crippen molar-refractivity contribution in [3.63, 3.8) is 0 Å². The van der Waals surface area contributed by atoms with Crippen LogP contribution in [-0.2, 0) is 12.8 Å². The van der Waals surface area contributed by atoms with Crippen LogP contribution in [0.15, 0.2) is 36.5 Å². The molecule has 0 amide bonds. The van der Waals surface area contributed by atoms with Gasteiger partial charge >= 0.3 is 0 Å². The van der Waals surface area contributed by atoms with Crippen LogP contribution >= 0.6 is 0 Å². The number of nitrogens with one attached hydrogen (secondary N) is 1. The number of H-pyrrole nitrogens is 1. The largest absolute Gasteiger partial charge is 0.399 e. The Hall–Kier alpha value is -2.36. The van der Waals surface area contributed by atoms with Gasteiger partial charge in [0.1, 0.15) is 5.82 Å². The Kier molecular flexibility index (Phi) is 2.91. The van der Waals surface area contributed by atoms with E-state index in [4.69, 9.17) is 5.73 Å². The van der Waals surface area contributed by atoms with Crippen LogP contribution < -0.4 is 5.73 Å². The van der Waals surface area contributed by atoms with Crippen LogP contribution in [0.5, 0.6) is 0 Å². The second-order valence-electron chi connectivity index (χ2n) is 4.75. The first-order valence-electron chi connectivity index (χ1n) is 6.37. The summed E-state index contributed by atoms with van der Waals surface area (Å²) in [6, 6.07) is 10.1. The Bertz CT molecular complexity index is 682. The molecule has 0 aliphatic heterocycles. The van der Waals surface area contributed by atoms with E-state index in [2.05, 4.69) is 27.1 Å². The van der Waals surface area contributed by atoms with Gasteiger partial charge in [0.25, 0.3) is 0 Å². The first-order valence-corrected chi connectivity index (χ1v) is 6.37. The van der Waals surface area contributed by atoms with Gasteiger partial charge in [0.2, 0.25) is 0 Å². The van der Waals surface area contributed by atoms with E-state index in [9.17, 15) is 0 Å². The molecule has 4 heteroatoms. The van der Waals surface area contributed by atoms with Crippen molar-refractivity contribution in [2.45, 2.75) is 19.8 Å². The van der Waals surface area contributed by atoms with Crippen molar-refractivity contribution in [1.29, 1.82) is 0 Å². The molecule has 3 N–H and O–H groups in total. The third-order valence-corrected chi connectivity index (χ3v) is 3.30. The minimum absolute atomic E-state index is 0.779. The highest BCUT2D eigenvalue weighted by Gasteiger charge is 2.04. The Morgan fingerprint density at radius 2 is 2.11 bits per heavy atom. The quantitative estimate of drug-likeness (QED) is 0.704. The number of nitrogen functional groups attached to an aromatic ring is 1. The lowest BCUT2D eigenvalue weighted by molar-refractivity contribution is 0.889. The second kappa shape index (κ2) is 4.72. The van der Waals surface area contributed by atoms with Crippen LogP contribution in [0.4, 0.5) is 5.69 Å². The minimum Gasteiger partial charge on any atom is -0.399 e. The van der Waals surface area contributed by atoms with Gasteiger partial charge in [-0.3, -0.25) is 0 Å². The van der Waals surface area contributed by atoms with E-state index < -0.39 is 0 Å². The van der Waals surface area contributed by atoms with E-state index in [1.54, 1.807) is 6.20 Å². The number of pyridine rings is 1. The van der Waals surface area contributed by atoms with Crippen molar-refractivity contribution in [3.05, 3.63) is 53.5 Å². The third-order valence-electron chi connectivity index (χ3n) is 3.30. The van der Waals surface area contributed by atoms with Crippen molar-refractivity contribution in [3.8, 4) is 0 Å².